The number of ether oxygens (including phenoxy) is 1. The highest BCUT2D eigenvalue weighted by atomic mass is 16.5. The fourth-order valence-corrected chi connectivity index (χ4v) is 9.41. The van der Waals surface area contributed by atoms with Crippen LogP contribution in [-0.4, -0.2) is 47.4 Å². The molecule has 0 aromatic carbocycles. The summed E-state index contributed by atoms with van der Waals surface area (Å²) in [5, 5.41) is 23.2. The molecule has 1 amide bonds. The SMILES string of the molecule is CCCCCCCCCCCCCCCCCC(=O)OCCCCCCCCCCCCCCCCCCCCCCC(=O)NC(CO)C(O)CCCCCCCCCCCCCC. The van der Waals surface area contributed by atoms with E-state index in [1.54, 1.807) is 0 Å². The van der Waals surface area contributed by atoms with Crippen LogP contribution in [0.15, 0.2) is 0 Å². The van der Waals surface area contributed by atoms with E-state index < -0.39 is 12.1 Å². The lowest BCUT2D eigenvalue weighted by Gasteiger charge is -2.22. The number of carbonyl (C=O) groups excluding carboxylic acids is 2. The Morgan fingerprint density at radius 2 is 0.641 bits per heavy atom. The topological polar surface area (TPSA) is 95.9 Å². The van der Waals surface area contributed by atoms with Gasteiger partial charge in [0.25, 0.3) is 0 Å². The standard InChI is InChI=1S/C58H115NO5/c1-3-5-7-9-11-13-15-17-24-28-32-36-40-44-48-52-58(63)64-53-49-45-41-37-33-29-26-23-21-19-18-20-22-25-27-31-35-39-43-47-51-57(62)59-55(54-60)56(61)50-46-42-38-34-30-16-14-12-10-8-6-4-2/h55-56,60-61H,3-54H2,1-2H3,(H,59,62). The molecule has 0 aromatic heterocycles. The fraction of sp³-hybridized carbons (Fsp3) is 0.966. The average Bonchev–Trinajstić information content (AvgIpc) is 3.29. The van der Waals surface area contributed by atoms with Crippen molar-refractivity contribution in [2.75, 3.05) is 13.2 Å². The first-order valence-electron chi connectivity index (χ1n) is 29.3. The minimum Gasteiger partial charge on any atom is -0.466 e. The van der Waals surface area contributed by atoms with Gasteiger partial charge in [-0.25, -0.2) is 0 Å². The van der Waals surface area contributed by atoms with Crippen molar-refractivity contribution in [3.05, 3.63) is 0 Å². The summed E-state index contributed by atoms with van der Waals surface area (Å²) in [4.78, 5) is 24.5. The Hall–Kier alpha value is -1.14. The minimum atomic E-state index is -0.663. The molecule has 0 heterocycles. The van der Waals surface area contributed by atoms with Crippen molar-refractivity contribution in [1.82, 2.24) is 5.32 Å². The third-order valence-corrected chi connectivity index (χ3v) is 13.9. The van der Waals surface area contributed by atoms with Crippen LogP contribution in [0.5, 0.6) is 0 Å². The first-order valence-corrected chi connectivity index (χ1v) is 29.3. The lowest BCUT2D eigenvalue weighted by Crippen LogP contribution is -2.45. The van der Waals surface area contributed by atoms with Gasteiger partial charge in [-0.2, -0.15) is 0 Å². The van der Waals surface area contributed by atoms with E-state index in [0.29, 0.717) is 25.9 Å². The predicted molar refractivity (Wildman–Crippen MR) is 278 cm³/mol. The summed E-state index contributed by atoms with van der Waals surface area (Å²) in [5.41, 5.74) is 0. The highest BCUT2D eigenvalue weighted by Gasteiger charge is 2.20. The number of nitrogens with one attached hydrogen (secondary N) is 1. The Morgan fingerprint density at radius 3 is 0.953 bits per heavy atom. The lowest BCUT2D eigenvalue weighted by molar-refractivity contribution is -0.143. The molecule has 0 aliphatic rings. The molecule has 3 N–H and O–H groups in total. The van der Waals surface area contributed by atoms with Crippen LogP contribution < -0.4 is 5.32 Å². The molecule has 2 atom stereocenters. The van der Waals surface area contributed by atoms with Gasteiger partial charge in [-0.1, -0.05) is 296 Å². The van der Waals surface area contributed by atoms with Crippen LogP contribution in [0.25, 0.3) is 0 Å². The summed E-state index contributed by atoms with van der Waals surface area (Å²) in [6.07, 6.45) is 62.4. The zero-order chi connectivity index (χ0) is 46.5. The maximum absolute atomic E-state index is 12.4. The van der Waals surface area contributed by atoms with Gasteiger partial charge < -0.3 is 20.3 Å². The monoisotopic (exact) mass is 906 g/mol. The number of rotatable bonds is 55. The van der Waals surface area contributed by atoms with E-state index in [1.807, 2.05) is 0 Å². The maximum atomic E-state index is 12.4. The number of aliphatic hydroxyl groups excluding tert-OH is 2. The van der Waals surface area contributed by atoms with Crippen LogP contribution in [-0.2, 0) is 14.3 Å². The summed E-state index contributed by atoms with van der Waals surface area (Å²) in [5.74, 6) is -0.0211. The quantitative estimate of drug-likeness (QED) is 0.0417. The second kappa shape index (κ2) is 54.5. The molecule has 0 spiro atoms. The van der Waals surface area contributed by atoms with Crippen molar-refractivity contribution in [3.8, 4) is 0 Å². The molecule has 0 rings (SSSR count). The summed E-state index contributed by atoms with van der Waals surface area (Å²) in [7, 11) is 0. The molecule has 2 unspecified atom stereocenters. The van der Waals surface area contributed by atoms with Crippen molar-refractivity contribution in [1.29, 1.82) is 0 Å². The molecular weight excluding hydrogens is 791 g/mol. The van der Waals surface area contributed by atoms with E-state index >= 15 is 0 Å². The molecule has 64 heavy (non-hydrogen) atoms. The maximum Gasteiger partial charge on any atom is 0.305 e. The van der Waals surface area contributed by atoms with Gasteiger partial charge in [-0.05, 0) is 25.7 Å². The van der Waals surface area contributed by atoms with E-state index in [0.717, 1.165) is 38.5 Å². The lowest BCUT2D eigenvalue weighted by atomic mass is 10.0. The van der Waals surface area contributed by atoms with Gasteiger partial charge in [0.1, 0.15) is 0 Å². The van der Waals surface area contributed by atoms with Gasteiger partial charge in [0.05, 0.1) is 25.4 Å². The molecule has 0 bridgehead atoms. The number of hydrogen-bond acceptors (Lipinski definition) is 5. The number of carbonyl (C=O) groups is 2. The number of hydrogen-bond donors (Lipinski definition) is 3. The van der Waals surface area contributed by atoms with Crippen molar-refractivity contribution < 1.29 is 24.5 Å². The van der Waals surface area contributed by atoms with Crippen LogP contribution in [0, 0.1) is 0 Å². The van der Waals surface area contributed by atoms with Gasteiger partial charge in [-0.15, -0.1) is 0 Å². The molecule has 0 fully saturated rings. The number of aliphatic hydroxyl groups is 2. The van der Waals surface area contributed by atoms with E-state index in [4.69, 9.17) is 4.74 Å². The molecule has 0 radical (unpaired) electrons. The third-order valence-electron chi connectivity index (χ3n) is 13.9. The molecule has 0 saturated carbocycles. The van der Waals surface area contributed by atoms with Gasteiger partial charge in [0.15, 0.2) is 0 Å². The van der Waals surface area contributed by atoms with Crippen LogP contribution in [0.2, 0.25) is 0 Å². The number of unbranched alkanes of at least 4 members (excludes halogenated alkanes) is 44. The summed E-state index contributed by atoms with van der Waals surface area (Å²) in [6, 6.07) is -0.540. The second-order valence-corrected chi connectivity index (χ2v) is 20.3. The predicted octanol–water partition coefficient (Wildman–Crippen LogP) is 17.9. The summed E-state index contributed by atoms with van der Waals surface area (Å²) >= 11 is 0. The molecule has 0 aliphatic carbocycles. The van der Waals surface area contributed by atoms with Crippen molar-refractivity contribution >= 4 is 11.9 Å². The van der Waals surface area contributed by atoms with Crippen LogP contribution in [0.1, 0.15) is 335 Å². The first kappa shape index (κ1) is 62.9. The van der Waals surface area contributed by atoms with Gasteiger partial charge in [0.2, 0.25) is 5.91 Å². The van der Waals surface area contributed by atoms with Crippen LogP contribution in [0.3, 0.4) is 0 Å². The molecule has 0 saturated heterocycles. The summed E-state index contributed by atoms with van der Waals surface area (Å²) in [6.45, 7) is 4.97. The van der Waals surface area contributed by atoms with E-state index in [2.05, 4.69) is 19.2 Å². The van der Waals surface area contributed by atoms with E-state index in [-0.39, 0.29) is 18.5 Å². The van der Waals surface area contributed by atoms with E-state index in [9.17, 15) is 19.8 Å². The Bertz CT molecular complexity index is 913. The summed E-state index contributed by atoms with van der Waals surface area (Å²) < 4.78 is 5.49. The Morgan fingerprint density at radius 1 is 0.375 bits per heavy atom. The molecule has 6 heteroatoms. The molecular formula is C58H115NO5. The highest BCUT2D eigenvalue weighted by molar-refractivity contribution is 5.76. The van der Waals surface area contributed by atoms with Crippen molar-refractivity contribution in [2.45, 2.75) is 347 Å². The molecule has 6 nitrogen and oxygen atoms in total. The fourth-order valence-electron chi connectivity index (χ4n) is 9.41. The molecule has 382 valence electrons. The van der Waals surface area contributed by atoms with E-state index in [1.165, 1.54) is 263 Å². The Kier molecular flexibility index (Phi) is 53.5. The Labute approximate surface area is 400 Å². The average molecular weight is 907 g/mol. The third kappa shape index (κ3) is 50.3. The van der Waals surface area contributed by atoms with Crippen molar-refractivity contribution in [2.24, 2.45) is 0 Å². The zero-order valence-electron chi connectivity index (χ0n) is 43.5. The minimum absolute atomic E-state index is 0.0143. The van der Waals surface area contributed by atoms with Gasteiger partial charge in [0, 0.05) is 12.8 Å². The largest absolute Gasteiger partial charge is 0.466 e. The second-order valence-electron chi connectivity index (χ2n) is 20.3. The van der Waals surface area contributed by atoms with Crippen molar-refractivity contribution in [3.63, 3.8) is 0 Å². The Balaban J connectivity index is 3.35. The van der Waals surface area contributed by atoms with Gasteiger partial charge in [-0.3, -0.25) is 9.59 Å². The molecule has 0 aromatic rings. The highest BCUT2D eigenvalue weighted by Crippen LogP contribution is 2.18. The van der Waals surface area contributed by atoms with Crippen LogP contribution >= 0.6 is 0 Å². The first-order chi connectivity index (χ1) is 31.5. The number of esters is 1. The molecule has 0 aliphatic heterocycles. The van der Waals surface area contributed by atoms with Gasteiger partial charge >= 0.3 is 5.97 Å². The van der Waals surface area contributed by atoms with Crippen LogP contribution in [0.4, 0.5) is 0 Å². The number of amides is 1. The smallest absolute Gasteiger partial charge is 0.305 e. The normalized spacial score (nSPS) is 12.5. The zero-order valence-corrected chi connectivity index (χ0v) is 43.5.